The number of nitrogens with zero attached hydrogens (tertiary/aromatic N) is 3. The molecule has 8 nitrogen and oxygen atoms in total. The lowest BCUT2D eigenvalue weighted by atomic mass is 10.3. The second-order valence-electron chi connectivity index (χ2n) is 4.68. The van der Waals surface area contributed by atoms with Gasteiger partial charge in [-0.25, -0.2) is 9.66 Å². The van der Waals surface area contributed by atoms with Crippen molar-refractivity contribution >= 4 is 22.6 Å². The number of aromatic nitrogens is 2. The number of carbonyl (C=O) groups is 1. The molecule has 1 aromatic heterocycles. The molecular formula is C15H12N4O4. The summed E-state index contributed by atoms with van der Waals surface area (Å²) in [7, 11) is 0. The van der Waals surface area contributed by atoms with Crippen LogP contribution in [0.1, 0.15) is 0 Å². The highest BCUT2D eigenvalue weighted by Gasteiger charge is 2.08. The smallest absolute Gasteiger partial charge is 0.276 e. The third kappa shape index (κ3) is 3.26. The third-order valence-electron chi connectivity index (χ3n) is 3.12. The van der Waals surface area contributed by atoms with Gasteiger partial charge in [-0.05, 0) is 24.3 Å². The third-order valence-corrected chi connectivity index (χ3v) is 3.12. The van der Waals surface area contributed by atoms with Crippen LogP contribution in [0, 0.1) is 10.1 Å². The minimum atomic E-state index is -0.499. The molecule has 0 aliphatic heterocycles. The van der Waals surface area contributed by atoms with E-state index in [1.807, 2.05) is 24.3 Å². The maximum atomic E-state index is 11.9. The number of hydrogen-bond donors (Lipinski definition) is 1. The number of nitrogens with one attached hydrogen (secondary N) is 1. The van der Waals surface area contributed by atoms with E-state index in [9.17, 15) is 14.9 Å². The van der Waals surface area contributed by atoms with E-state index in [0.29, 0.717) is 5.75 Å². The molecule has 0 fully saturated rings. The molecule has 0 spiro atoms. The van der Waals surface area contributed by atoms with Crippen molar-refractivity contribution in [3.8, 4) is 5.75 Å². The molecule has 23 heavy (non-hydrogen) atoms. The Morgan fingerprint density at radius 3 is 2.70 bits per heavy atom. The first kappa shape index (κ1) is 14.5. The number of nitro benzene ring substituents is 1. The van der Waals surface area contributed by atoms with Gasteiger partial charge >= 0.3 is 0 Å². The lowest BCUT2D eigenvalue weighted by Gasteiger charge is -2.08. The molecule has 0 radical (unpaired) electrons. The highest BCUT2D eigenvalue weighted by atomic mass is 16.6. The molecule has 3 rings (SSSR count). The lowest BCUT2D eigenvalue weighted by molar-refractivity contribution is -0.384. The summed E-state index contributed by atoms with van der Waals surface area (Å²) in [5.74, 6) is 0.00717. The molecule has 3 aromatic rings. The molecular weight excluding hydrogens is 300 g/mol. The fourth-order valence-electron chi connectivity index (χ4n) is 2.03. The molecule has 1 N–H and O–H groups in total. The fraction of sp³-hybridized carbons (Fsp3) is 0.0667. The zero-order valence-corrected chi connectivity index (χ0v) is 11.9. The van der Waals surface area contributed by atoms with Crippen LogP contribution >= 0.6 is 0 Å². The first-order chi connectivity index (χ1) is 11.1. The van der Waals surface area contributed by atoms with E-state index < -0.39 is 4.92 Å². The summed E-state index contributed by atoms with van der Waals surface area (Å²) in [6.07, 6.45) is 1.51. The molecule has 0 bridgehead atoms. The van der Waals surface area contributed by atoms with E-state index in [1.165, 1.54) is 35.3 Å². The Bertz CT molecular complexity index is 857. The highest BCUT2D eigenvalue weighted by molar-refractivity contribution is 5.87. The van der Waals surface area contributed by atoms with Crippen molar-refractivity contribution in [1.29, 1.82) is 0 Å². The van der Waals surface area contributed by atoms with Crippen LogP contribution in [-0.4, -0.2) is 27.1 Å². The number of fused-ring (bicyclic) bond motifs is 1. The Morgan fingerprint density at radius 2 is 1.96 bits per heavy atom. The second-order valence-corrected chi connectivity index (χ2v) is 4.68. The largest absolute Gasteiger partial charge is 0.484 e. The van der Waals surface area contributed by atoms with Gasteiger partial charge in [0, 0.05) is 12.1 Å². The van der Waals surface area contributed by atoms with Crippen LogP contribution in [0.25, 0.3) is 11.0 Å². The Kier molecular flexibility index (Phi) is 3.88. The van der Waals surface area contributed by atoms with Gasteiger partial charge in [-0.3, -0.25) is 20.3 Å². The molecule has 116 valence electrons. The van der Waals surface area contributed by atoms with E-state index in [0.717, 1.165) is 11.0 Å². The number of carbonyl (C=O) groups excluding carboxylic acids is 1. The minimum Gasteiger partial charge on any atom is -0.484 e. The number of ether oxygens (including phenoxy) is 1. The fourth-order valence-corrected chi connectivity index (χ4v) is 2.03. The predicted molar refractivity (Wildman–Crippen MR) is 82.7 cm³/mol. The van der Waals surface area contributed by atoms with Crippen molar-refractivity contribution in [1.82, 2.24) is 9.66 Å². The maximum absolute atomic E-state index is 11.9. The summed E-state index contributed by atoms with van der Waals surface area (Å²) in [6.45, 7) is -0.218. The first-order valence-corrected chi connectivity index (χ1v) is 6.73. The van der Waals surface area contributed by atoms with Gasteiger partial charge in [-0.15, -0.1) is 0 Å². The highest BCUT2D eigenvalue weighted by Crippen LogP contribution is 2.17. The molecule has 0 saturated carbocycles. The minimum absolute atomic E-state index is 0.0355. The van der Waals surface area contributed by atoms with E-state index in [-0.39, 0.29) is 18.2 Å². The number of nitro groups is 1. The quantitative estimate of drug-likeness (QED) is 0.574. The van der Waals surface area contributed by atoms with Crippen molar-refractivity contribution in [2.75, 3.05) is 12.0 Å². The van der Waals surface area contributed by atoms with Gasteiger partial charge in [0.25, 0.3) is 11.6 Å². The number of hydrogen-bond acceptors (Lipinski definition) is 5. The Labute approximate surface area is 130 Å². The molecule has 0 aliphatic carbocycles. The molecule has 1 heterocycles. The second kappa shape index (κ2) is 6.14. The molecule has 0 unspecified atom stereocenters. The van der Waals surface area contributed by atoms with Crippen LogP contribution in [0.4, 0.5) is 5.69 Å². The summed E-state index contributed by atoms with van der Waals surface area (Å²) in [5.41, 5.74) is 4.15. The van der Waals surface area contributed by atoms with Crippen LogP contribution in [0.2, 0.25) is 0 Å². The van der Waals surface area contributed by atoms with Crippen LogP contribution in [0.5, 0.6) is 5.75 Å². The van der Waals surface area contributed by atoms with Crippen molar-refractivity contribution in [2.24, 2.45) is 0 Å². The van der Waals surface area contributed by atoms with Gasteiger partial charge in [-0.1, -0.05) is 12.1 Å². The Hall–Kier alpha value is -3.42. The Balaban J connectivity index is 1.60. The van der Waals surface area contributed by atoms with Crippen molar-refractivity contribution in [3.05, 3.63) is 65.0 Å². The average Bonchev–Trinajstić information content (AvgIpc) is 2.96. The predicted octanol–water partition coefficient (Wildman–Crippen LogP) is 2.09. The zero-order valence-electron chi connectivity index (χ0n) is 11.9. The number of non-ortho nitro benzene ring substituents is 1. The molecule has 2 aromatic carbocycles. The number of para-hydroxylation sites is 2. The van der Waals surface area contributed by atoms with Gasteiger partial charge in [0.15, 0.2) is 6.61 Å². The van der Waals surface area contributed by atoms with Gasteiger partial charge in [0.1, 0.15) is 12.1 Å². The molecule has 0 atom stereocenters. The number of rotatable bonds is 5. The van der Waals surface area contributed by atoms with Crippen LogP contribution in [-0.2, 0) is 4.79 Å². The van der Waals surface area contributed by atoms with Crippen LogP contribution < -0.4 is 10.2 Å². The summed E-state index contributed by atoms with van der Waals surface area (Å²) < 4.78 is 6.81. The van der Waals surface area contributed by atoms with Crippen molar-refractivity contribution in [3.63, 3.8) is 0 Å². The first-order valence-electron chi connectivity index (χ1n) is 6.73. The Morgan fingerprint density at radius 1 is 1.22 bits per heavy atom. The summed E-state index contributed by atoms with van der Waals surface area (Å²) in [5, 5.41) is 10.6. The van der Waals surface area contributed by atoms with Gasteiger partial charge in [0.2, 0.25) is 0 Å². The van der Waals surface area contributed by atoms with E-state index in [1.54, 1.807) is 0 Å². The van der Waals surface area contributed by atoms with Crippen molar-refractivity contribution < 1.29 is 14.5 Å². The van der Waals surface area contributed by atoms with E-state index >= 15 is 0 Å². The summed E-state index contributed by atoms with van der Waals surface area (Å²) in [4.78, 5) is 26.1. The van der Waals surface area contributed by atoms with E-state index in [2.05, 4.69) is 10.4 Å². The molecule has 0 saturated heterocycles. The monoisotopic (exact) mass is 312 g/mol. The lowest BCUT2D eigenvalue weighted by Crippen LogP contribution is -2.27. The molecule has 1 amide bonds. The van der Waals surface area contributed by atoms with Gasteiger partial charge in [0.05, 0.1) is 16.0 Å². The normalized spacial score (nSPS) is 10.4. The summed E-state index contributed by atoms with van der Waals surface area (Å²) in [6, 6.07) is 12.9. The van der Waals surface area contributed by atoms with Crippen molar-refractivity contribution in [2.45, 2.75) is 0 Å². The standard InChI is InChI=1S/C15H12N4O4/c20-15(9-23-12-7-5-11(6-8-12)19(21)22)17-18-10-16-13-3-1-2-4-14(13)18/h1-8,10H,9H2,(H,17,20). The van der Waals surface area contributed by atoms with Gasteiger partial charge in [-0.2, -0.15) is 0 Å². The number of imidazole rings is 1. The van der Waals surface area contributed by atoms with Crippen LogP contribution in [0.3, 0.4) is 0 Å². The van der Waals surface area contributed by atoms with E-state index in [4.69, 9.17) is 4.74 Å². The number of benzene rings is 2. The maximum Gasteiger partial charge on any atom is 0.276 e. The SMILES string of the molecule is O=C(COc1ccc([N+](=O)[O-])cc1)Nn1cnc2ccccc21. The van der Waals surface area contributed by atoms with Gasteiger partial charge < -0.3 is 4.74 Å². The number of amides is 1. The zero-order chi connectivity index (χ0) is 16.2. The summed E-state index contributed by atoms with van der Waals surface area (Å²) >= 11 is 0. The topological polar surface area (TPSA) is 99.3 Å². The molecule has 8 heteroatoms. The average molecular weight is 312 g/mol. The molecule has 0 aliphatic rings. The van der Waals surface area contributed by atoms with Crippen LogP contribution in [0.15, 0.2) is 54.9 Å².